The number of benzene rings is 2. The number of nitrogens with two attached hydrogens (primary N) is 1. The SMILES string of the molecule is Cc1cccc(Nc2cc(NCCc3ccc(S(N)(=O)=O)cc3)nc(C)n2)c1. The Balaban J connectivity index is 1.62. The summed E-state index contributed by atoms with van der Waals surface area (Å²) in [5, 5.41) is 11.7. The summed E-state index contributed by atoms with van der Waals surface area (Å²) in [7, 11) is -3.66. The van der Waals surface area contributed by atoms with Crippen LogP contribution >= 0.6 is 0 Å². The first-order valence-corrected chi connectivity index (χ1v) is 10.4. The summed E-state index contributed by atoms with van der Waals surface area (Å²) in [4.78, 5) is 8.95. The van der Waals surface area contributed by atoms with Crippen molar-refractivity contribution in [3.8, 4) is 0 Å². The predicted molar refractivity (Wildman–Crippen MR) is 111 cm³/mol. The lowest BCUT2D eigenvalue weighted by molar-refractivity contribution is 0.598. The molecular weight excluding hydrogens is 374 g/mol. The van der Waals surface area contributed by atoms with Gasteiger partial charge in [0.15, 0.2) is 0 Å². The molecule has 0 fully saturated rings. The minimum absolute atomic E-state index is 0.113. The van der Waals surface area contributed by atoms with Gasteiger partial charge in [-0.25, -0.2) is 23.5 Å². The first kappa shape index (κ1) is 19.8. The van der Waals surface area contributed by atoms with Crippen molar-refractivity contribution < 1.29 is 8.42 Å². The number of sulfonamides is 1. The van der Waals surface area contributed by atoms with E-state index in [1.165, 1.54) is 17.7 Å². The molecule has 1 heterocycles. The van der Waals surface area contributed by atoms with Gasteiger partial charge in [-0.3, -0.25) is 0 Å². The van der Waals surface area contributed by atoms with Crippen molar-refractivity contribution in [2.24, 2.45) is 5.14 Å². The highest BCUT2D eigenvalue weighted by molar-refractivity contribution is 7.89. The summed E-state index contributed by atoms with van der Waals surface area (Å²) in [5.41, 5.74) is 3.14. The molecule has 2 aromatic carbocycles. The van der Waals surface area contributed by atoms with Crippen LogP contribution in [0.15, 0.2) is 59.5 Å². The van der Waals surface area contributed by atoms with E-state index in [-0.39, 0.29) is 4.90 Å². The maximum absolute atomic E-state index is 11.3. The Labute approximate surface area is 165 Å². The van der Waals surface area contributed by atoms with Crippen molar-refractivity contribution in [2.75, 3.05) is 17.2 Å². The zero-order chi connectivity index (χ0) is 20.1. The second kappa shape index (κ2) is 8.37. The zero-order valence-electron chi connectivity index (χ0n) is 15.8. The van der Waals surface area contributed by atoms with Gasteiger partial charge in [0.1, 0.15) is 17.5 Å². The Hall–Kier alpha value is -2.97. The number of aromatic nitrogens is 2. The van der Waals surface area contributed by atoms with Gasteiger partial charge in [-0.1, -0.05) is 24.3 Å². The highest BCUT2D eigenvalue weighted by Gasteiger charge is 2.07. The molecule has 0 unspecified atom stereocenters. The van der Waals surface area contributed by atoms with Crippen LogP contribution < -0.4 is 15.8 Å². The van der Waals surface area contributed by atoms with Gasteiger partial charge in [-0.15, -0.1) is 0 Å². The number of nitrogens with one attached hydrogen (secondary N) is 2. The molecule has 7 nitrogen and oxygen atoms in total. The van der Waals surface area contributed by atoms with Crippen molar-refractivity contribution in [2.45, 2.75) is 25.2 Å². The van der Waals surface area contributed by atoms with Crippen LogP contribution in [0, 0.1) is 13.8 Å². The van der Waals surface area contributed by atoms with Crippen LogP contribution in [0.25, 0.3) is 0 Å². The topological polar surface area (TPSA) is 110 Å². The number of rotatable bonds is 7. The van der Waals surface area contributed by atoms with E-state index < -0.39 is 10.0 Å². The van der Waals surface area contributed by atoms with Crippen molar-refractivity contribution in [1.82, 2.24) is 9.97 Å². The summed E-state index contributed by atoms with van der Waals surface area (Å²) >= 11 is 0. The fraction of sp³-hybridized carbons (Fsp3) is 0.200. The monoisotopic (exact) mass is 397 g/mol. The molecule has 0 saturated heterocycles. The van der Waals surface area contributed by atoms with Crippen molar-refractivity contribution in [1.29, 1.82) is 0 Å². The molecule has 0 amide bonds. The van der Waals surface area contributed by atoms with Crippen LogP contribution in [-0.4, -0.2) is 24.9 Å². The molecule has 3 rings (SSSR count). The maximum Gasteiger partial charge on any atom is 0.238 e. The molecule has 0 saturated carbocycles. The minimum atomic E-state index is -3.66. The number of anilines is 3. The van der Waals surface area contributed by atoms with Crippen LogP contribution in [0.1, 0.15) is 17.0 Å². The first-order chi connectivity index (χ1) is 13.3. The lowest BCUT2D eigenvalue weighted by atomic mass is 10.1. The third kappa shape index (κ3) is 5.51. The van der Waals surface area contributed by atoms with Gasteiger partial charge >= 0.3 is 0 Å². The van der Waals surface area contributed by atoms with Crippen molar-refractivity contribution >= 4 is 27.3 Å². The van der Waals surface area contributed by atoms with Gasteiger partial charge in [-0.2, -0.15) is 0 Å². The third-order valence-corrected chi connectivity index (χ3v) is 5.03. The standard InChI is InChI=1S/C20H23N5O2S/c1-14-4-3-5-17(12-14)25-20-13-19(23-15(2)24-20)22-11-10-16-6-8-18(9-7-16)28(21,26)27/h3-9,12-13H,10-11H2,1-2H3,(H2,21,26,27)(H2,22,23,24,25). The Kier molecular flexibility index (Phi) is 5.91. The van der Waals surface area contributed by atoms with Gasteiger partial charge in [-0.05, 0) is 55.7 Å². The number of aryl methyl sites for hydroxylation is 2. The van der Waals surface area contributed by atoms with Crippen LogP contribution in [-0.2, 0) is 16.4 Å². The largest absolute Gasteiger partial charge is 0.370 e. The van der Waals surface area contributed by atoms with Gasteiger partial charge in [0.2, 0.25) is 10.0 Å². The summed E-state index contributed by atoms with van der Waals surface area (Å²) < 4.78 is 22.6. The molecule has 0 aliphatic heterocycles. The minimum Gasteiger partial charge on any atom is -0.370 e. The average Bonchev–Trinajstić information content (AvgIpc) is 2.61. The molecule has 4 N–H and O–H groups in total. The van der Waals surface area contributed by atoms with E-state index in [9.17, 15) is 8.42 Å². The Morgan fingerprint density at radius 3 is 2.36 bits per heavy atom. The van der Waals surface area contributed by atoms with E-state index in [1.54, 1.807) is 12.1 Å². The lowest BCUT2D eigenvalue weighted by Gasteiger charge is -2.11. The first-order valence-electron chi connectivity index (χ1n) is 8.84. The van der Waals surface area contributed by atoms with Gasteiger partial charge in [0.25, 0.3) is 0 Å². The van der Waals surface area contributed by atoms with E-state index in [0.717, 1.165) is 22.9 Å². The van der Waals surface area contributed by atoms with Crippen molar-refractivity contribution in [3.05, 3.63) is 71.5 Å². The molecule has 0 radical (unpaired) electrons. The van der Waals surface area contributed by atoms with E-state index in [2.05, 4.69) is 26.7 Å². The maximum atomic E-state index is 11.3. The Morgan fingerprint density at radius 1 is 0.964 bits per heavy atom. The molecule has 3 aromatic rings. The van der Waals surface area contributed by atoms with E-state index in [4.69, 9.17) is 5.14 Å². The molecule has 28 heavy (non-hydrogen) atoms. The van der Waals surface area contributed by atoms with Gasteiger partial charge in [0.05, 0.1) is 4.90 Å². The Bertz CT molecular complexity index is 1070. The second-order valence-electron chi connectivity index (χ2n) is 6.55. The summed E-state index contributed by atoms with van der Waals surface area (Å²) in [6.07, 6.45) is 0.717. The fourth-order valence-electron chi connectivity index (χ4n) is 2.77. The zero-order valence-corrected chi connectivity index (χ0v) is 16.6. The van der Waals surface area contributed by atoms with E-state index in [1.807, 2.05) is 38.1 Å². The summed E-state index contributed by atoms with van der Waals surface area (Å²) in [6, 6.07) is 16.5. The van der Waals surface area contributed by atoms with E-state index >= 15 is 0 Å². The summed E-state index contributed by atoms with van der Waals surface area (Å²) in [5.74, 6) is 2.11. The van der Waals surface area contributed by atoms with E-state index in [0.29, 0.717) is 18.8 Å². The van der Waals surface area contributed by atoms with Gasteiger partial charge in [0, 0.05) is 18.3 Å². The molecular formula is C20H23N5O2S. The molecule has 0 aliphatic carbocycles. The van der Waals surface area contributed by atoms with Crippen LogP contribution in [0.5, 0.6) is 0 Å². The number of primary sulfonamides is 1. The Morgan fingerprint density at radius 2 is 1.68 bits per heavy atom. The van der Waals surface area contributed by atoms with Crippen LogP contribution in [0.2, 0.25) is 0 Å². The van der Waals surface area contributed by atoms with Crippen LogP contribution in [0.3, 0.4) is 0 Å². The quantitative estimate of drug-likeness (QED) is 0.565. The number of hydrogen-bond donors (Lipinski definition) is 3. The number of hydrogen-bond acceptors (Lipinski definition) is 6. The molecule has 0 atom stereocenters. The van der Waals surface area contributed by atoms with Crippen LogP contribution in [0.4, 0.5) is 17.3 Å². The highest BCUT2D eigenvalue weighted by atomic mass is 32.2. The average molecular weight is 398 g/mol. The molecule has 1 aromatic heterocycles. The normalized spacial score (nSPS) is 11.2. The molecule has 0 aliphatic rings. The molecule has 146 valence electrons. The fourth-order valence-corrected chi connectivity index (χ4v) is 3.29. The van der Waals surface area contributed by atoms with Crippen molar-refractivity contribution in [3.63, 3.8) is 0 Å². The highest BCUT2D eigenvalue weighted by Crippen LogP contribution is 2.18. The number of nitrogens with zero attached hydrogens (tertiary/aromatic N) is 2. The molecule has 8 heteroatoms. The second-order valence-corrected chi connectivity index (χ2v) is 8.11. The predicted octanol–water partition coefficient (Wildman–Crippen LogP) is 3.14. The smallest absolute Gasteiger partial charge is 0.238 e. The summed E-state index contributed by atoms with van der Waals surface area (Å²) in [6.45, 7) is 4.53. The molecule has 0 bridgehead atoms. The lowest BCUT2D eigenvalue weighted by Crippen LogP contribution is -2.12. The molecule has 0 spiro atoms. The van der Waals surface area contributed by atoms with Gasteiger partial charge < -0.3 is 10.6 Å². The third-order valence-electron chi connectivity index (χ3n) is 4.10.